The van der Waals surface area contributed by atoms with Crippen LogP contribution in [0.2, 0.25) is 0 Å². The number of rotatable bonds is 3. The Bertz CT molecular complexity index is 259. The predicted octanol–water partition coefficient (Wildman–Crippen LogP) is 1.49. The maximum atomic E-state index is 10.6. The number of likely N-dealkylation sites (tertiary alicyclic amines) is 1. The molecular formula is C11H19NO2S. The standard InChI is InChI=1S/C11H19NO2S/c13-10(14)6-12-4-3-11(8-12)2-1-9(5-11)7-15/h9,15H,1-8H2,(H,13,14). The molecule has 2 aliphatic rings. The van der Waals surface area contributed by atoms with Crippen molar-refractivity contribution in [1.29, 1.82) is 0 Å². The molecule has 1 N–H and O–H groups in total. The Labute approximate surface area is 96.2 Å². The lowest BCUT2D eigenvalue weighted by Gasteiger charge is -2.23. The molecule has 86 valence electrons. The second kappa shape index (κ2) is 4.34. The summed E-state index contributed by atoms with van der Waals surface area (Å²) in [5, 5.41) is 8.75. The SMILES string of the molecule is O=C(O)CN1CCC2(CCC(CS)C2)C1. The quantitative estimate of drug-likeness (QED) is 0.720. The van der Waals surface area contributed by atoms with Gasteiger partial charge in [-0.1, -0.05) is 0 Å². The van der Waals surface area contributed by atoms with E-state index >= 15 is 0 Å². The van der Waals surface area contributed by atoms with E-state index in [0.29, 0.717) is 5.41 Å². The van der Waals surface area contributed by atoms with E-state index in [1.165, 1.54) is 25.7 Å². The summed E-state index contributed by atoms with van der Waals surface area (Å²) in [4.78, 5) is 12.7. The minimum Gasteiger partial charge on any atom is -0.480 e. The van der Waals surface area contributed by atoms with Crippen LogP contribution in [-0.4, -0.2) is 41.4 Å². The van der Waals surface area contributed by atoms with Crippen molar-refractivity contribution >= 4 is 18.6 Å². The van der Waals surface area contributed by atoms with Crippen molar-refractivity contribution in [2.45, 2.75) is 25.7 Å². The summed E-state index contributed by atoms with van der Waals surface area (Å²) in [5.41, 5.74) is 0.433. The van der Waals surface area contributed by atoms with Gasteiger partial charge in [-0.3, -0.25) is 9.69 Å². The van der Waals surface area contributed by atoms with Gasteiger partial charge in [-0.15, -0.1) is 0 Å². The van der Waals surface area contributed by atoms with Gasteiger partial charge in [-0.2, -0.15) is 12.6 Å². The van der Waals surface area contributed by atoms with Crippen molar-refractivity contribution in [2.24, 2.45) is 11.3 Å². The molecule has 0 amide bonds. The maximum absolute atomic E-state index is 10.6. The highest BCUT2D eigenvalue weighted by atomic mass is 32.1. The number of carboxylic acids is 1. The summed E-state index contributed by atoms with van der Waals surface area (Å²) in [6, 6.07) is 0. The Hall–Kier alpha value is -0.220. The molecule has 0 bridgehead atoms. The fourth-order valence-electron chi connectivity index (χ4n) is 3.21. The topological polar surface area (TPSA) is 40.5 Å². The fraction of sp³-hybridized carbons (Fsp3) is 0.909. The number of hydrogen-bond donors (Lipinski definition) is 2. The van der Waals surface area contributed by atoms with Crippen LogP contribution in [-0.2, 0) is 4.79 Å². The number of nitrogens with zero attached hydrogens (tertiary/aromatic N) is 1. The van der Waals surface area contributed by atoms with Gasteiger partial charge in [-0.25, -0.2) is 0 Å². The molecule has 0 aromatic heterocycles. The van der Waals surface area contributed by atoms with Crippen LogP contribution in [0.3, 0.4) is 0 Å². The van der Waals surface area contributed by atoms with Crippen LogP contribution in [0.5, 0.6) is 0 Å². The van der Waals surface area contributed by atoms with Crippen molar-refractivity contribution in [3.05, 3.63) is 0 Å². The summed E-state index contributed by atoms with van der Waals surface area (Å²) < 4.78 is 0. The molecule has 1 aliphatic heterocycles. The van der Waals surface area contributed by atoms with Gasteiger partial charge >= 0.3 is 5.97 Å². The molecule has 2 rings (SSSR count). The van der Waals surface area contributed by atoms with Gasteiger partial charge in [0.05, 0.1) is 6.54 Å². The van der Waals surface area contributed by atoms with Gasteiger partial charge in [-0.05, 0) is 49.3 Å². The number of aliphatic carboxylic acids is 1. The third-order valence-corrected chi connectivity index (χ3v) is 4.46. The van der Waals surface area contributed by atoms with Crippen LogP contribution in [0.4, 0.5) is 0 Å². The number of hydrogen-bond acceptors (Lipinski definition) is 3. The highest BCUT2D eigenvalue weighted by Crippen LogP contribution is 2.48. The molecule has 0 radical (unpaired) electrons. The Morgan fingerprint density at radius 1 is 1.53 bits per heavy atom. The first kappa shape index (κ1) is 11.3. The Morgan fingerprint density at radius 2 is 2.33 bits per heavy atom. The third-order valence-electron chi connectivity index (χ3n) is 3.94. The van der Waals surface area contributed by atoms with Crippen LogP contribution < -0.4 is 0 Å². The molecule has 15 heavy (non-hydrogen) atoms. The zero-order valence-electron chi connectivity index (χ0n) is 8.98. The molecule has 0 aromatic rings. The van der Waals surface area contributed by atoms with Crippen LogP contribution in [0, 0.1) is 11.3 Å². The van der Waals surface area contributed by atoms with Crippen LogP contribution >= 0.6 is 12.6 Å². The molecule has 1 aliphatic carbocycles. The summed E-state index contributed by atoms with van der Waals surface area (Å²) in [7, 11) is 0. The van der Waals surface area contributed by atoms with Crippen LogP contribution in [0.1, 0.15) is 25.7 Å². The maximum Gasteiger partial charge on any atom is 0.317 e. The zero-order valence-corrected chi connectivity index (χ0v) is 9.88. The molecule has 2 fully saturated rings. The number of carboxylic acid groups (broad SMARTS) is 1. The van der Waals surface area contributed by atoms with E-state index in [4.69, 9.17) is 5.11 Å². The average molecular weight is 229 g/mol. The summed E-state index contributed by atoms with van der Waals surface area (Å²) in [5.74, 6) is 1.05. The lowest BCUT2D eigenvalue weighted by atomic mass is 9.85. The van der Waals surface area contributed by atoms with Gasteiger partial charge in [0.25, 0.3) is 0 Å². The lowest BCUT2D eigenvalue weighted by Crippen LogP contribution is -2.30. The van der Waals surface area contributed by atoms with Gasteiger partial charge in [0.1, 0.15) is 0 Å². The van der Waals surface area contributed by atoms with Crippen LogP contribution in [0.15, 0.2) is 0 Å². The molecule has 4 heteroatoms. The minimum atomic E-state index is -0.698. The van der Waals surface area contributed by atoms with Crippen molar-refractivity contribution < 1.29 is 9.90 Å². The molecular weight excluding hydrogens is 210 g/mol. The molecule has 2 atom stereocenters. The van der Waals surface area contributed by atoms with Crippen molar-refractivity contribution in [1.82, 2.24) is 4.90 Å². The second-order valence-corrected chi connectivity index (χ2v) is 5.51. The number of thiol groups is 1. The lowest BCUT2D eigenvalue weighted by molar-refractivity contribution is -0.138. The monoisotopic (exact) mass is 229 g/mol. The van der Waals surface area contributed by atoms with E-state index in [1.807, 2.05) is 0 Å². The Kier molecular flexibility index (Phi) is 3.26. The normalized spacial score (nSPS) is 36.5. The smallest absolute Gasteiger partial charge is 0.317 e. The summed E-state index contributed by atoms with van der Waals surface area (Å²) >= 11 is 4.36. The van der Waals surface area contributed by atoms with Crippen molar-refractivity contribution in [2.75, 3.05) is 25.4 Å². The molecule has 1 saturated carbocycles. The van der Waals surface area contributed by atoms with E-state index in [9.17, 15) is 4.79 Å². The van der Waals surface area contributed by atoms with Crippen molar-refractivity contribution in [3.8, 4) is 0 Å². The van der Waals surface area contributed by atoms with E-state index in [1.54, 1.807) is 0 Å². The van der Waals surface area contributed by atoms with Crippen molar-refractivity contribution in [3.63, 3.8) is 0 Å². The van der Waals surface area contributed by atoms with Crippen LogP contribution in [0.25, 0.3) is 0 Å². The van der Waals surface area contributed by atoms with E-state index in [2.05, 4.69) is 17.5 Å². The first-order valence-electron chi connectivity index (χ1n) is 5.69. The highest BCUT2D eigenvalue weighted by molar-refractivity contribution is 7.80. The largest absolute Gasteiger partial charge is 0.480 e. The second-order valence-electron chi connectivity index (χ2n) is 5.15. The molecule has 1 spiro atoms. The predicted molar refractivity (Wildman–Crippen MR) is 62.3 cm³/mol. The molecule has 1 saturated heterocycles. The Morgan fingerprint density at radius 3 is 2.93 bits per heavy atom. The Balaban J connectivity index is 1.89. The third kappa shape index (κ3) is 2.48. The molecule has 3 nitrogen and oxygen atoms in total. The van der Waals surface area contributed by atoms with Gasteiger partial charge in [0.2, 0.25) is 0 Å². The number of carbonyl (C=O) groups is 1. The van der Waals surface area contributed by atoms with Gasteiger partial charge in [0, 0.05) is 6.54 Å². The van der Waals surface area contributed by atoms with E-state index < -0.39 is 5.97 Å². The summed E-state index contributed by atoms with van der Waals surface area (Å²) in [6.45, 7) is 2.17. The first-order valence-corrected chi connectivity index (χ1v) is 6.32. The average Bonchev–Trinajstić information content (AvgIpc) is 2.74. The highest BCUT2D eigenvalue weighted by Gasteiger charge is 2.43. The minimum absolute atomic E-state index is 0.216. The molecule has 2 unspecified atom stereocenters. The fourth-order valence-corrected chi connectivity index (χ4v) is 3.52. The van der Waals surface area contributed by atoms with Gasteiger partial charge in [0.15, 0.2) is 0 Å². The molecule has 1 heterocycles. The first-order chi connectivity index (χ1) is 7.13. The van der Waals surface area contributed by atoms with E-state index in [-0.39, 0.29) is 6.54 Å². The zero-order chi connectivity index (χ0) is 10.9. The molecule has 0 aromatic carbocycles. The van der Waals surface area contributed by atoms with E-state index in [0.717, 1.165) is 24.8 Å². The summed E-state index contributed by atoms with van der Waals surface area (Å²) in [6.07, 6.45) is 5.00. The van der Waals surface area contributed by atoms with Gasteiger partial charge < -0.3 is 5.11 Å².